The molecule has 10 heteroatoms. The first kappa shape index (κ1) is 26.4. The van der Waals surface area contributed by atoms with E-state index in [1.54, 1.807) is 67.6 Å². The van der Waals surface area contributed by atoms with E-state index in [-0.39, 0.29) is 28.6 Å². The number of nitrogens with one attached hydrogen (secondary N) is 2. The van der Waals surface area contributed by atoms with Crippen molar-refractivity contribution in [3.05, 3.63) is 94.1 Å². The third kappa shape index (κ3) is 5.37. The van der Waals surface area contributed by atoms with Crippen molar-refractivity contribution in [3.8, 4) is 5.75 Å². The lowest BCUT2D eigenvalue weighted by Crippen LogP contribution is -2.32. The second kappa shape index (κ2) is 11.2. The molecule has 0 radical (unpaired) electrons. The second-order valence-electron chi connectivity index (χ2n) is 8.27. The lowest BCUT2D eigenvalue weighted by molar-refractivity contribution is -0.120. The number of aryl methyl sites for hydroxylation is 1. The van der Waals surface area contributed by atoms with Crippen molar-refractivity contribution in [1.82, 2.24) is 0 Å². The van der Waals surface area contributed by atoms with Gasteiger partial charge < -0.3 is 20.1 Å². The Morgan fingerprint density at radius 2 is 1.66 bits per heavy atom. The maximum absolute atomic E-state index is 13.2. The zero-order chi connectivity index (χ0) is 27.4. The van der Waals surface area contributed by atoms with E-state index < -0.39 is 23.7 Å². The molecule has 1 aliphatic rings. The van der Waals surface area contributed by atoms with E-state index in [0.29, 0.717) is 22.7 Å². The average molecular weight is 534 g/mol. The van der Waals surface area contributed by atoms with Gasteiger partial charge in [0.1, 0.15) is 16.5 Å². The van der Waals surface area contributed by atoms with Gasteiger partial charge in [-0.25, -0.2) is 9.69 Å². The highest BCUT2D eigenvalue weighted by Crippen LogP contribution is 2.36. The molecule has 3 amide bonds. The van der Waals surface area contributed by atoms with Crippen molar-refractivity contribution in [3.63, 3.8) is 0 Å². The Balaban J connectivity index is 1.50. The Hall–Kier alpha value is -4.63. The molecule has 0 fully saturated rings. The molecule has 0 unspecified atom stereocenters. The number of anilines is 3. The first-order chi connectivity index (χ1) is 18.2. The molecule has 3 aromatic carbocycles. The number of amides is 3. The first-order valence-electron chi connectivity index (χ1n) is 11.6. The van der Waals surface area contributed by atoms with Crippen molar-refractivity contribution in [2.24, 2.45) is 0 Å². The highest BCUT2D eigenvalue weighted by atomic mass is 35.5. The van der Waals surface area contributed by atoms with E-state index >= 15 is 0 Å². The van der Waals surface area contributed by atoms with Gasteiger partial charge in [0.15, 0.2) is 0 Å². The largest absolute Gasteiger partial charge is 0.495 e. The summed E-state index contributed by atoms with van der Waals surface area (Å²) in [5.41, 5.74) is 2.50. The molecule has 0 atom stereocenters. The second-order valence-corrected chi connectivity index (χ2v) is 8.65. The van der Waals surface area contributed by atoms with Gasteiger partial charge in [-0.15, -0.1) is 0 Å². The molecule has 0 saturated heterocycles. The highest BCUT2D eigenvalue weighted by Gasteiger charge is 2.40. The van der Waals surface area contributed by atoms with Crippen LogP contribution in [0.4, 0.5) is 17.1 Å². The number of halogens is 1. The van der Waals surface area contributed by atoms with Crippen LogP contribution < -0.4 is 20.3 Å². The Morgan fingerprint density at radius 1 is 0.921 bits per heavy atom. The predicted octanol–water partition coefficient (Wildman–Crippen LogP) is 4.87. The summed E-state index contributed by atoms with van der Waals surface area (Å²) >= 11 is 6.27. The third-order valence-electron chi connectivity index (χ3n) is 5.65. The highest BCUT2D eigenvalue weighted by molar-refractivity contribution is 6.53. The van der Waals surface area contributed by atoms with Gasteiger partial charge in [-0.2, -0.15) is 0 Å². The van der Waals surface area contributed by atoms with Crippen LogP contribution in [0.1, 0.15) is 33.2 Å². The number of carbonyl (C=O) groups excluding carboxylic acids is 4. The third-order valence-corrected chi connectivity index (χ3v) is 6.00. The maximum atomic E-state index is 13.2. The van der Waals surface area contributed by atoms with Crippen LogP contribution in [0.2, 0.25) is 0 Å². The summed E-state index contributed by atoms with van der Waals surface area (Å²) in [6.45, 7) is 3.81. The van der Waals surface area contributed by atoms with Crippen LogP contribution in [0.15, 0.2) is 77.5 Å². The van der Waals surface area contributed by atoms with Gasteiger partial charge in [0, 0.05) is 16.9 Å². The molecule has 3 aromatic rings. The summed E-state index contributed by atoms with van der Waals surface area (Å²) in [6, 6.07) is 17.8. The fourth-order valence-corrected chi connectivity index (χ4v) is 4.01. The molecule has 194 valence electrons. The molecule has 0 saturated carbocycles. The standard InChI is InChI=1S/C28H24ClN3O6/c1-4-38-28(36)17-9-11-19(12-10-17)31-25(33)18-6-5-7-20(15-18)30-24-23(29)26(34)32(27(24)35)21-14-16(2)8-13-22(21)37-3/h5-15,30H,4H2,1-3H3,(H,31,33). The topological polar surface area (TPSA) is 114 Å². The number of hydrogen-bond acceptors (Lipinski definition) is 7. The van der Waals surface area contributed by atoms with E-state index in [4.69, 9.17) is 21.1 Å². The van der Waals surface area contributed by atoms with Crippen molar-refractivity contribution >= 4 is 52.4 Å². The van der Waals surface area contributed by atoms with Gasteiger partial charge in [-0.3, -0.25) is 14.4 Å². The monoisotopic (exact) mass is 533 g/mol. The summed E-state index contributed by atoms with van der Waals surface area (Å²) in [5.74, 6) is -1.87. The molecular weight excluding hydrogens is 510 g/mol. The molecule has 4 rings (SSSR count). The Kier molecular flexibility index (Phi) is 7.78. The lowest BCUT2D eigenvalue weighted by atomic mass is 10.1. The van der Waals surface area contributed by atoms with Crippen molar-refractivity contribution in [2.45, 2.75) is 13.8 Å². The Morgan fingerprint density at radius 3 is 2.34 bits per heavy atom. The van der Waals surface area contributed by atoms with Gasteiger partial charge >= 0.3 is 5.97 Å². The quantitative estimate of drug-likeness (QED) is 0.313. The summed E-state index contributed by atoms with van der Waals surface area (Å²) in [6.07, 6.45) is 0. The SMILES string of the molecule is CCOC(=O)c1ccc(NC(=O)c2cccc(NC3=C(Cl)C(=O)N(c4cc(C)ccc4OC)C3=O)c2)cc1. The number of carbonyl (C=O) groups is 4. The Labute approximate surface area is 224 Å². The first-order valence-corrected chi connectivity index (χ1v) is 12.0. The molecule has 9 nitrogen and oxygen atoms in total. The van der Waals surface area contributed by atoms with Crippen LogP contribution >= 0.6 is 11.6 Å². The van der Waals surface area contributed by atoms with Gasteiger partial charge in [0.25, 0.3) is 17.7 Å². The van der Waals surface area contributed by atoms with Crippen LogP contribution in [0.5, 0.6) is 5.75 Å². The number of esters is 1. The van der Waals surface area contributed by atoms with Crippen LogP contribution in [0.3, 0.4) is 0 Å². The van der Waals surface area contributed by atoms with Crippen molar-refractivity contribution in [2.75, 3.05) is 29.3 Å². The van der Waals surface area contributed by atoms with E-state index in [1.165, 1.54) is 13.2 Å². The molecule has 0 aliphatic carbocycles. The molecule has 2 N–H and O–H groups in total. The minimum absolute atomic E-state index is 0.118. The number of benzene rings is 3. The number of rotatable bonds is 8. The van der Waals surface area contributed by atoms with E-state index in [0.717, 1.165) is 10.5 Å². The van der Waals surface area contributed by atoms with Gasteiger partial charge in [-0.05, 0) is 74.0 Å². The zero-order valence-electron chi connectivity index (χ0n) is 20.8. The smallest absolute Gasteiger partial charge is 0.338 e. The fourth-order valence-electron chi connectivity index (χ4n) is 3.79. The number of imide groups is 1. The lowest BCUT2D eigenvalue weighted by Gasteiger charge is -2.18. The number of hydrogen-bond donors (Lipinski definition) is 2. The summed E-state index contributed by atoms with van der Waals surface area (Å²) in [5, 5.41) is 5.34. The van der Waals surface area contributed by atoms with Crippen LogP contribution in [-0.2, 0) is 14.3 Å². The van der Waals surface area contributed by atoms with E-state index in [1.807, 2.05) is 6.92 Å². The van der Waals surface area contributed by atoms with E-state index in [2.05, 4.69) is 10.6 Å². The molecule has 0 aromatic heterocycles. The maximum Gasteiger partial charge on any atom is 0.338 e. The Bertz CT molecular complexity index is 1470. The molecule has 0 spiro atoms. The van der Waals surface area contributed by atoms with Gasteiger partial charge in [0.05, 0.1) is 25.0 Å². The molecule has 38 heavy (non-hydrogen) atoms. The fraction of sp³-hybridized carbons (Fsp3) is 0.143. The average Bonchev–Trinajstić information content (AvgIpc) is 3.12. The minimum atomic E-state index is -0.691. The minimum Gasteiger partial charge on any atom is -0.495 e. The van der Waals surface area contributed by atoms with Gasteiger partial charge in [-0.1, -0.05) is 23.7 Å². The van der Waals surface area contributed by atoms with E-state index in [9.17, 15) is 19.2 Å². The summed E-state index contributed by atoms with van der Waals surface area (Å²) < 4.78 is 10.3. The normalized spacial score (nSPS) is 13.0. The number of nitrogens with zero attached hydrogens (tertiary/aromatic N) is 1. The zero-order valence-corrected chi connectivity index (χ0v) is 21.6. The van der Waals surface area contributed by atoms with Crippen molar-refractivity contribution < 1.29 is 28.7 Å². The van der Waals surface area contributed by atoms with Crippen molar-refractivity contribution in [1.29, 1.82) is 0 Å². The van der Waals surface area contributed by atoms with Crippen LogP contribution in [-0.4, -0.2) is 37.4 Å². The molecular formula is C28H24ClN3O6. The van der Waals surface area contributed by atoms with Crippen LogP contribution in [0.25, 0.3) is 0 Å². The van der Waals surface area contributed by atoms with Gasteiger partial charge in [0.2, 0.25) is 0 Å². The molecule has 0 bridgehead atoms. The molecule has 1 heterocycles. The summed E-state index contributed by atoms with van der Waals surface area (Å²) in [4.78, 5) is 51.7. The molecule has 1 aliphatic heterocycles. The number of methoxy groups -OCH3 is 1. The predicted molar refractivity (Wildman–Crippen MR) is 144 cm³/mol. The summed E-state index contributed by atoms with van der Waals surface area (Å²) in [7, 11) is 1.44. The van der Waals surface area contributed by atoms with Crippen LogP contribution in [0, 0.1) is 6.92 Å². The number of ether oxygens (including phenoxy) is 2.